The van der Waals surface area contributed by atoms with Gasteiger partial charge in [0.05, 0.1) is 12.1 Å². The number of fused-ring (bicyclic) bond motifs is 1. The van der Waals surface area contributed by atoms with Crippen LogP contribution in [0.1, 0.15) is 10.4 Å². The van der Waals surface area contributed by atoms with Crippen LogP contribution in [-0.2, 0) is 0 Å². The lowest BCUT2D eigenvalue weighted by Gasteiger charge is -2.08. The highest BCUT2D eigenvalue weighted by atomic mass is 35.5. The predicted molar refractivity (Wildman–Crippen MR) is 86.9 cm³/mol. The molecule has 3 aromatic carbocycles. The van der Waals surface area contributed by atoms with Crippen molar-refractivity contribution >= 4 is 28.3 Å². The third-order valence-corrected chi connectivity index (χ3v) is 3.71. The maximum atomic E-state index is 13.8. The van der Waals surface area contributed by atoms with Crippen LogP contribution in [0.2, 0.25) is 5.02 Å². The van der Waals surface area contributed by atoms with Crippen LogP contribution in [0.15, 0.2) is 54.6 Å². The van der Waals surface area contributed by atoms with Gasteiger partial charge in [-0.2, -0.15) is 0 Å². The average Bonchev–Trinajstić information content (AvgIpc) is 2.54. The van der Waals surface area contributed by atoms with E-state index in [0.29, 0.717) is 11.5 Å². The molecule has 0 N–H and O–H groups in total. The van der Waals surface area contributed by atoms with Crippen molar-refractivity contribution in [2.45, 2.75) is 0 Å². The summed E-state index contributed by atoms with van der Waals surface area (Å²) in [6, 6.07) is 14.7. The molecule has 0 atom stereocenters. The normalized spacial score (nSPS) is 10.6. The Labute approximate surface area is 137 Å². The van der Waals surface area contributed by atoms with Crippen molar-refractivity contribution in [3.05, 3.63) is 71.0 Å². The summed E-state index contributed by atoms with van der Waals surface area (Å²) in [6.07, 6.45) is 0. The highest BCUT2D eigenvalue weighted by Crippen LogP contribution is 2.26. The Balaban J connectivity index is 1.93. The first-order valence-electron chi connectivity index (χ1n) is 6.82. The van der Waals surface area contributed by atoms with Gasteiger partial charge >= 0.3 is 5.97 Å². The van der Waals surface area contributed by atoms with E-state index in [2.05, 4.69) is 0 Å². The second-order valence-corrected chi connectivity index (χ2v) is 5.27. The third-order valence-electron chi connectivity index (χ3n) is 3.40. The van der Waals surface area contributed by atoms with Crippen molar-refractivity contribution < 1.29 is 18.7 Å². The number of rotatable bonds is 3. The number of halogens is 2. The topological polar surface area (TPSA) is 35.5 Å². The zero-order chi connectivity index (χ0) is 16.4. The minimum absolute atomic E-state index is 0.0115. The van der Waals surface area contributed by atoms with Gasteiger partial charge in [0, 0.05) is 0 Å². The summed E-state index contributed by atoms with van der Waals surface area (Å²) in [5.74, 6) is -0.562. The number of benzene rings is 3. The fourth-order valence-corrected chi connectivity index (χ4v) is 2.48. The lowest BCUT2D eigenvalue weighted by Crippen LogP contribution is -2.11. The summed E-state index contributed by atoms with van der Waals surface area (Å²) in [6.45, 7) is 0. The van der Waals surface area contributed by atoms with E-state index in [9.17, 15) is 9.18 Å². The first-order valence-corrected chi connectivity index (χ1v) is 7.20. The molecule has 0 aliphatic heterocycles. The molecule has 3 rings (SSSR count). The van der Waals surface area contributed by atoms with Crippen LogP contribution >= 0.6 is 11.6 Å². The van der Waals surface area contributed by atoms with E-state index in [1.807, 2.05) is 18.2 Å². The lowest BCUT2D eigenvalue weighted by molar-refractivity contribution is 0.0730. The van der Waals surface area contributed by atoms with Crippen LogP contribution in [0, 0.1) is 5.82 Å². The van der Waals surface area contributed by atoms with Crippen molar-refractivity contribution in [2.75, 3.05) is 7.11 Å². The van der Waals surface area contributed by atoms with Crippen molar-refractivity contribution in [1.29, 1.82) is 0 Å². The van der Waals surface area contributed by atoms with Crippen LogP contribution in [0.25, 0.3) is 10.8 Å². The number of ether oxygens (including phenoxy) is 2. The quantitative estimate of drug-likeness (QED) is 0.508. The number of carbonyl (C=O) groups excluding carboxylic acids is 1. The van der Waals surface area contributed by atoms with Gasteiger partial charge in [-0.25, -0.2) is 9.18 Å². The van der Waals surface area contributed by atoms with Crippen molar-refractivity contribution in [3.8, 4) is 11.5 Å². The molecule has 116 valence electrons. The molecule has 0 spiro atoms. The van der Waals surface area contributed by atoms with Gasteiger partial charge < -0.3 is 9.47 Å². The monoisotopic (exact) mass is 330 g/mol. The summed E-state index contributed by atoms with van der Waals surface area (Å²) in [5, 5.41) is 1.82. The van der Waals surface area contributed by atoms with E-state index >= 15 is 0 Å². The van der Waals surface area contributed by atoms with E-state index in [1.165, 1.54) is 12.1 Å². The molecule has 0 fully saturated rings. The van der Waals surface area contributed by atoms with Crippen molar-refractivity contribution in [2.24, 2.45) is 0 Å². The Morgan fingerprint density at radius 2 is 1.70 bits per heavy atom. The van der Waals surface area contributed by atoms with Gasteiger partial charge in [-0.15, -0.1) is 0 Å². The van der Waals surface area contributed by atoms with E-state index in [4.69, 9.17) is 21.1 Å². The van der Waals surface area contributed by atoms with E-state index in [0.717, 1.165) is 16.8 Å². The molecule has 0 aliphatic rings. The largest absolute Gasteiger partial charge is 0.497 e. The number of carbonyl (C=O) groups is 1. The Kier molecular flexibility index (Phi) is 4.17. The molecule has 0 saturated heterocycles. The SMILES string of the molecule is COc1ccc2ccc(OC(=O)c3c(F)cccc3Cl)cc2c1. The van der Waals surface area contributed by atoms with Crippen LogP contribution in [0.3, 0.4) is 0 Å². The second-order valence-electron chi connectivity index (χ2n) is 4.86. The summed E-state index contributed by atoms with van der Waals surface area (Å²) >= 11 is 5.87. The molecular weight excluding hydrogens is 319 g/mol. The highest BCUT2D eigenvalue weighted by Gasteiger charge is 2.18. The Hall–Kier alpha value is -2.59. The van der Waals surface area contributed by atoms with Gasteiger partial charge in [-0.05, 0) is 47.2 Å². The number of methoxy groups -OCH3 is 1. The molecule has 0 saturated carbocycles. The molecule has 5 heteroatoms. The number of hydrogen-bond donors (Lipinski definition) is 0. The summed E-state index contributed by atoms with van der Waals surface area (Å²) in [7, 11) is 1.57. The molecular formula is C18H12ClFO3. The number of esters is 1. The van der Waals surface area contributed by atoms with Crippen molar-refractivity contribution in [3.63, 3.8) is 0 Å². The molecule has 0 unspecified atom stereocenters. The minimum Gasteiger partial charge on any atom is -0.497 e. The zero-order valence-corrected chi connectivity index (χ0v) is 12.9. The Morgan fingerprint density at radius 1 is 1.00 bits per heavy atom. The van der Waals surface area contributed by atoms with Gasteiger partial charge in [0.1, 0.15) is 22.9 Å². The minimum atomic E-state index is -0.838. The van der Waals surface area contributed by atoms with Gasteiger partial charge in [-0.3, -0.25) is 0 Å². The maximum absolute atomic E-state index is 13.8. The molecule has 0 aromatic heterocycles. The standard InChI is InChI=1S/C18H12ClFO3/c1-22-13-7-5-11-6-8-14(10-12(11)9-13)23-18(21)17-15(19)3-2-4-16(17)20/h2-10H,1H3. The molecule has 0 heterocycles. The van der Waals surface area contributed by atoms with Gasteiger partial charge in [-0.1, -0.05) is 29.8 Å². The Bertz CT molecular complexity index is 872. The van der Waals surface area contributed by atoms with E-state index in [-0.39, 0.29) is 10.6 Å². The first kappa shape index (κ1) is 15.3. The fourth-order valence-electron chi connectivity index (χ4n) is 2.24. The average molecular weight is 331 g/mol. The third kappa shape index (κ3) is 3.12. The molecule has 3 aromatic rings. The van der Waals surface area contributed by atoms with Gasteiger partial charge in [0.2, 0.25) is 0 Å². The summed E-state index contributed by atoms with van der Waals surface area (Å²) in [5.41, 5.74) is -0.278. The molecule has 0 bridgehead atoms. The second kappa shape index (κ2) is 6.26. The molecule has 3 nitrogen and oxygen atoms in total. The van der Waals surface area contributed by atoms with E-state index in [1.54, 1.807) is 25.3 Å². The van der Waals surface area contributed by atoms with Crippen LogP contribution < -0.4 is 9.47 Å². The van der Waals surface area contributed by atoms with Gasteiger partial charge in [0.25, 0.3) is 0 Å². The zero-order valence-electron chi connectivity index (χ0n) is 12.2. The van der Waals surface area contributed by atoms with Crippen molar-refractivity contribution in [1.82, 2.24) is 0 Å². The molecule has 23 heavy (non-hydrogen) atoms. The van der Waals surface area contributed by atoms with Crippen LogP contribution in [0.4, 0.5) is 4.39 Å². The molecule has 0 amide bonds. The Morgan fingerprint density at radius 3 is 2.39 bits per heavy atom. The fraction of sp³-hybridized carbons (Fsp3) is 0.0556. The summed E-state index contributed by atoms with van der Waals surface area (Å²) < 4.78 is 24.2. The summed E-state index contributed by atoms with van der Waals surface area (Å²) in [4.78, 5) is 12.1. The van der Waals surface area contributed by atoms with Gasteiger partial charge in [0.15, 0.2) is 0 Å². The maximum Gasteiger partial charge on any atom is 0.348 e. The lowest BCUT2D eigenvalue weighted by atomic mass is 10.1. The van der Waals surface area contributed by atoms with Crippen LogP contribution in [-0.4, -0.2) is 13.1 Å². The first-order chi connectivity index (χ1) is 11.1. The smallest absolute Gasteiger partial charge is 0.348 e. The highest BCUT2D eigenvalue weighted by molar-refractivity contribution is 6.33. The van der Waals surface area contributed by atoms with E-state index < -0.39 is 11.8 Å². The number of hydrogen-bond acceptors (Lipinski definition) is 3. The molecule has 0 aliphatic carbocycles. The van der Waals surface area contributed by atoms with Crippen LogP contribution in [0.5, 0.6) is 11.5 Å². The predicted octanol–water partition coefficient (Wildman–Crippen LogP) is 4.86. The molecule has 0 radical (unpaired) electrons.